The largest absolute Gasteiger partial charge is 1.00 e. The molecule has 5 nitrogen and oxygen atoms in total. The van der Waals surface area contributed by atoms with Crippen LogP contribution >= 0.6 is 0 Å². The maximum absolute atomic E-state index is 9.08. The average Bonchev–Trinajstić information content (AvgIpc) is 1.35. The summed E-state index contributed by atoms with van der Waals surface area (Å²) in [6.07, 6.45) is 0. The molecule has 0 aliphatic heterocycles. The molecule has 0 radical (unpaired) electrons. The van der Waals surface area contributed by atoms with Crippen LogP contribution in [0.4, 0.5) is 0 Å². The van der Waals surface area contributed by atoms with Crippen LogP contribution in [0.25, 0.3) is 0 Å². The molecule has 0 saturated carbocycles. The van der Waals surface area contributed by atoms with E-state index in [4.69, 9.17) is 18.2 Å². The van der Waals surface area contributed by atoms with Gasteiger partial charge >= 0.3 is 40.0 Å². The van der Waals surface area contributed by atoms with Crippen molar-refractivity contribution in [1.29, 1.82) is 0 Å². The summed E-state index contributed by atoms with van der Waals surface area (Å²) in [5, 5.41) is 7.06. The van der Waals surface area contributed by atoms with Gasteiger partial charge in [0.25, 0.3) is 0 Å². The number of hydrogen-bond acceptors (Lipinski definition) is 4. The maximum atomic E-state index is 9.08. The summed E-state index contributed by atoms with van der Waals surface area (Å²) >= 11 is 0. The Kier molecular flexibility index (Phi) is 5.81. The van der Waals surface area contributed by atoms with Gasteiger partial charge in [-0.2, -0.15) is 8.42 Å². The fourth-order valence-corrected chi connectivity index (χ4v) is 0. The molecule has 0 atom stereocenters. The van der Waals surface area contributed by atoms with Crippen molar-refractivity contribution in [2.24, 2.45) is 0 Å². The second-order valence-electron chi connectivity index (χ2n) is 0.502. The van der Waals surface area contributed by atoms with Crippen molar-refractivity contribution < 1.29 is 53.5 Å². The van der Waals surface area contributed by atoms with Crippen molar-refractivity contribution in [3.8, 4) is 0 Å². The van der Waals surface area contributed by atoms with Gasteiger partial charge < -0.3 is 1.43 Å². The van der Waals surface area contributed by atoms with Gasteiger partial charge in [-0.1, -0.05) is 4.33 Å². The fourth-order valence-electron chi connectivity index (χ4n) is 0. The van der Waals surface area contributed by atoms with Gasteiger partial charge in [0, 0.05) is 0 Å². The van der Waals surface area contributed by atoms with E-state index in [2.05, 4.69) is 4.33 Å². The number of rotatable bonds is 1. The predicted molar refractivity (Wildman–Crippen MR) is 16.4 cm³/mol. The molecule has 0 amide bonds. The van der Waals surface area contributed by atoms with Gasteiger partial charge in [-0.3, -0.25) is 4.55 Å². The zero-order valence-corrected chi connectivity index (χ0v) is 6.34. The van der Waals surface area contributed by atoms with Crippen molar-refractivity contribution in [2.75, 3.05) is 0 Å². The summed E-state index contributed by atoms with van der Waals surface area (Å²) in [7, 11) is -4.61. The van der Waals surface area contributed by atoms with Crippen molar-refractivity contribution >= 4 is 10.4 Å². The zero-order chi connectivity index (χ0) is 5.21. The quantitative estimate of drug-likeness (QED) is 0.169. The molecule has 0 rings (SSSR count). The summed E-state index contributed by atoms with van der Waals surface area (Å²) in [5.74, 6) is 0. The van der Waals surface area contributed by atoms with E-state index < -0.39 is 10.4 Å². The summed E-state index contributed by atoms with van der Waals surface area (Å²) in [6, 6.07) is 0. The Bertz CT molecular complexity index is 114. The first-order valence-electron chi connectivity index (χ1n) is 0.865. The van der Waals surface area contributed by atoms with Gasteiger partial charge in [0.15, 0.2) is 0 Å². The van der Waals surface area contributed by atoms with E-state index >= 15 is 0 Å². The Morgan fingerprint density at radius 2 is 1.71 bits per heavy atom. The molecule has 0 aromatic carbocycles. The van der Waals surface area contributed by atoms with Crippen molar-refractivity contribution in [3.05, 3.63) is 0 Å². The van der Waals surface area contributed by atoms with Crippen LogP contribution in [0.15, 0.2) is 0 Å². The van der Waals surface area contributed by atoms with Crippen molar-refractivity contribution in [2.45, 2.75) is 0 Å². The summed E-state index contributed by atoms with van der Waals surface area (Å²) in [5.41, 5.74) is 0. The minimum absolute atomic E-state index is 0. The molecule has 0 fully saturated rings. The van der Waals surface area contributed by atoms with Crippen LogP contribution in [0.5, 0.6) is 0 Å². The van der Waals surface area contributed by atoms with Gasteiger partial charge in [0.1, 0.15) is 0 Å². The van der Waals surface area contributed by atoms with E-state index in [1.165, 1.54) is 0 Å². The van der Waals surface area contributed by atoms with Crippen LogP contribution in [-0.2, 0) is 14.7 Å². The van der Waals surface area contributed by atoms with Crippen molar-refractivity contribution in [1.82, 2.24) is 0 Å². The molecule has 0 aliphatic carbocycles. The zero-order valence-electron chi connectivity index (χ0n) is 4.53. The van der Waals surface area contributed by atoms with Gasteiger partial charge in [-0.05, 0) is 0 Å². The van der Waals surface area contributed by atoms with Crippen LogP contribution in [0.1, 0.15) is 1.43 Å². The van der Waals surface area contributed by atoms with Gasteiger partial charge in [0.2, 0.25) is 0 Å². The molecule has 0 heterocycles. The Balaban J connectivity index is -0.000000125. The van der Waals surface area contributed by atoms with E-state index in [-0.39, 0.29) is 31.0 Å². The Morgan fingerprint density at radius 1 is 1.57 bits per heavy atom. The van der Waals surface area contributed by atoms with Crippen LogP contribution in [-0.4, -0.2) is 18.2 Å². The fraction of sp³-hybridized carbons (Fsp3) is 0. The molecule has 7 heteroatoms. The SMILES string of the molecule is O=S(=O)(O)OO.[H-].[Na+]. The monoisotopic (exact) mass is 138 g/mol. The molecule has 0 aliphatic rings. The van der Waals surface area contributed by atoms with E-state index in [0.717, 1.165) is 0 Å². The Morgan fingerprint density at radius 3 is 1.71 bits per heavy atom. The van der Waals surface area contributed by atoms with E-state index in [1.54, 1.807) is 0 Å². The van der Waals surface area contributed by atoms with E-state index in [0.29, 0.717) is 0 Å². The average molecular weight is 138 g/mol. The molecule has 0 bridgehead atoms. The van der Waals surface area contributed by atoms with Gasteiger partial charge in [0.05, 0.1) is 0 Å². The molecule has 0 saturated heterocycles. The van der Waals surface area contributed by atoms with Crippen LogP contribution in [0, 0.1) is 0 Å². The molecule has 0 spiro atoms. The van der Waals surface area contributed by atoms with Crippen LogP contribution in [0.2, 0.25) is 0 Å². The second-order valence-corrected chi connectivity index (χ2v) is 1.51. The standard InChI is InChI=1S/Na.H2O5S.H/c;1-5-6(2,3)4;/h;1H,(H,2,3,4);/q+1;;-1. The minimum atomic E-state index is -4.61. The summed E-state index contributed by atoms with van der Waals surface area (Å²) in [6.45, 7) is 0. The predicted octanol–water partition coefficient (Wildman–Crippen LogP) is -3.60. The van der Waals surface area contributed by atoms with Crippen LogP contribution < -0.4 is 29.6 Å². The Hall–Kier alpha value is 0.830. The second kappa shape index (κ2) is 3.79. The summed E-state index contributed by atoms with van der Waals surface area (Å²) < 4.78 is 28.0. The first kappa shape index (κ1) is 10.7. The third-order valence-corrected chi connectivity index (χ3v) is 0.283. The molecule has 0 aromatic heterocycles. The van der Waals surface area contributed by atoms with Crippen molar-refractivity contribution in [3.63, 3.8) is 0 Å². The van der Waals surface area contributed by atoms with Gasteiger partial charge in [-0.25, -0.2) is 5.26 Å². The minimum Gasteiger partial charge on any atom is -1.00 e. The molecule has 2 N–H and O–H groups in total. The topological polar surface area (TPSA) is 83.8 Å². The third-order valence-electron chi connectivity index (χ3n) is 0.0942. The summed E-state index contributed by atoms with van der Waals surface area (Å²) in [4.78, 5) is 0. The number of hydrogen-bond donors (Lipinski definition) is 2. The first-order chi connectivity index (χ1) is 2.56. The normalized spacial score (nSPS) is 10.0. The molecular formula is H3NaO5S. The maximum Gasteiger partial charge on any atom is 1.00 e. The first-order valence-corrected chi connectivity index (χ1v) is 2.23. The molecular weight excluding hydrogens is 135 g/mol. The molecule has 40 valence electrons. The van der Waals surface area contributed by atoms with Crippen LogP contribution in [0.3, 0.4) is 0 Å². The molecule has 7 heavy (non-hydrogen) atoms. The van der Waals surface area contributed by atoms with Gasteiger partial charge in [-0.15, -0.1) is 0 Å². The smallest absolute Gasteiger partial charge is 1.00 e. The Labute approximate surface area is 63.9 Å². The molecule has 0 aromatic rings. The van der Waals surface area contributed by atoms with E-state index in [1.807, 2.05) is 0 Å². The van der Waals surface area contributed by atoms with E-state index in [9.17, 15) is 0 Å². The molecule has 0 unspecified atom stereocenters. The third kappa shape index (κ3) is 10.9.